The Morgan fingerprint density at radius 1 is 0.933 bits per heavy atom. The molecule has 0 spiro atoms. The van der Waals surface area contributed by atoms with Gasteiger partial charge in [-0.25, -0.2) is 0 Å². The summed E-state index contributed by atoms with van der Waals surface area (Å²) in [5, 5.41) is 21.2. The molecule has 0 aliphatic rings. The summed E-state index contributed by atoms with van der Waals surface area (Å²) in [5.74, 6) is 1.22. The van der Waals surface area contributed by atoms with Crippen LogP contribution >= 0.6 is 23.4 Å². The summed E-state index contributed by atoms with van der Waals surface area (Å²) in [7, 11) is 0. The lowest BCUT2D eigenvalue weighted by molar-refractivity contribution is -0.384. The Kier molecular flexibility index (Phi) is 6.11. The predicted octanol–water partition coefficient (Wildman–Crippen LogP) is 5.85. The fourth-order valence-electron chi connectivity index (χ4n) is 3.05. The molecule has 0 saturated heterocycles. The zero-order chi connectivity index (χ0) is 20.9. The summed E-state index contributed by atoms with van der Waals surface area (Å²) >= 11 is 7.90. The van der Waals surface area contributed by atoms with Crippen LogP contribution in [0.2, 0.25) is 5.02 Å². The molecule has 0 saturated carbocycles. The Morgan fingerprint density at radius 2 is 1.67 bits per heavy atom. The van der Waals surface area contributed by atoms with Crippen LogP contribution in [0.1, 0.15) is 11.1 Å². The molecular weight excluding hydrogens is 420 g/mol. The van der Waals surface area contributed by atoms with Gasteiger partial charge in [-0.3, -0.25) is 14.7 Å². The van der Waals surface area contributed by atoms with E-state index < -0.39 is 0 Å². The Morgan fingerprint density at radius 3 is 2.43 bits per heavy atom. The van der Waals surface area contributed by atoms with Crippen LogP contribution < -0.4 is 0 Å². The predicted molar refractivity (Wildman–Crippen MR) is 119 cm³/mol. The van der Waals surface area contributed by atoms with Gasteiger partial charge in [0.25, 0.3) is 5.69 Å². The van der Waals surface area contributed by atoms with Crippen molar-refractivity contribution >= 4 is 29.1 Å². The van der Waals surface area contributed by atoms with E-state index >= 15 is 0 Å². The van der Waals surface area contributed by atoms with Gasteiger partial charge in [0.05, 0.1) is 16.5 Å². The van der Waals surface area contributed by atoms with Gasteiger partial charge in [-0.05, 0) is 23.3 Å². The number of hydrogen-bond donors (Lipinski definition) is 0. The number of hydrogen-bond acceptors (Lipinski definition) is 5. The summed E-state index contributed by atoms with van der Waals surface area (Å²) in [6.45, 7) is 0.589. The third-order valence-electron chi connectivity index (χ3n) is 4.50. The van der Waals surface area contributed by atoms with E-state index in [0.29, 0.717) is 23.1 Å². The average molecular weight is 437 g/mol. The maximum absolute atomic E-state index is 11.0. The van der Waals surface area contributed by atoms with Crippen LogP contribution in [0.25, 0.3) is 11.4 Å². The smallest absolute Gasteiger partial charge is 0.269 e. The van der Waals surface area contributed by atoms with Gasteiger partial charge in [-0.2, -0.15) is 0 Å². The molecule has 4 aromatic rings. The van der Waals surface area contributed by atoms with Crippen LogP contribution in [-0.4, -0.2) is 19.7 Å². The van der Waals surface area contributed by atoms with Gasteiger partial charge in [0.2, 0.25) is 0 Å². The summed E-state index contributed by atoms with van der Waals surface area (Å²) in [6, 6.07) is 24.2. The Labute approximate surface area is 182 Å². The third kappa shape index (κ3) is 4.53. The van der Waals surface area contributed by atoms with E-state index in [2.05, 4.69) is 10.2 Å². The van der Waals surface area contributed by atoms with Gasteiger partial charge < -0.3 is 0 Å². The van der Waals surface area contributed by atoms with Gasteiger partial charge in [0, 0.05) is 23.4 Å². The second-order valence-electron chi connectivity index (χ2n) is 6.57. The lowest BCUT2D eigenvalue weighted by Crippen LogP contribution is -2.04. The number of thioether (sulfide) groups is 1. The van der Waals surface area contributed by atoms with Crippen molar-refractivity contribution in [3.05, 3.63) is 105 Å². The largest absolute Gasteiger partial charge is 0.297 e. The Hall–Kier alpha value is -3.16. The lowest BCUT2D eigenvalue weighted by Gasteiger charge is -2.11. The highest BCUT2D eigenvalue weighted by atomic mass is 35.5. The summed E-state index contributed by atoms with van der Waals surface area (Å²) in [6.07, 6.45) is 0. The van der Waals surface area contributed by atoms with Crippen LogP contribution in [-0.2, 0) is 12.3 Å². The van der Waals surface area contributed by atoms with Gasteiger partial charge in [-0.1, -0.05) is 78.0 Å². The first-order valence-electron chi connectivity index (χ1n) is 9.20. The van der Waals surface area contributed by atoms with Gasteiger partial charge in [-0.15, -0.1) is 10.2 Å². The molecule has 0 N–H and O–H groups in total. The minimum absolute atomic E-state index is 0.0793. The number of nitrogens with zero attached hydrogens (tertiary/aromatic N) is 4. The molecule has 0 fully saturated rings. The molecule has 6 nitrogen and oxygen atoms in total. The van der Waals surface area contributed by atoms with Crippen LogP contribution in [0.15, 0.2) is 84.0 Å². The molecule has 30 heavy (non-hydrogen) atoms. The maximum atomic E-state index is 11.0. The molecule has 0 atom stereocenters. The molecule has 8 heteroatoms. The number of nitro benzene ring substituents is 1. The van der Waals surface area contributed by atoms with Crippen molar-refractivity contribution in [2.45, 2.75) is 17.5 Å². The molecule has 150 valence electrons. The van der Waals surface area contributed by atoms with E-state index in [4.69, 9.17) is 11.6 Å². The summed E-state index contributed by atoms with van der Waals surface area (Å²) in [5.41, 5.74) is 2.85. The quantitative estimate of drug-likeness (QED) is 0.206. The van der Waals surface area contributed by atoms with Gasteiger partial charge in [0.15, 0.2) is 11.0 Å². The van der Waals surface area contributed by atoms with E-state index in [9.17, 15) is 10.1 Å². The van der Waals surface area contributed by atoms with Crippen molar-refractivity contribution in [2.24, 2.45) is 0 Å². The van der Waals surface area contributed by atoms with Crippen molar-refractivity contribution in [1.82, 2.24) is 14.8 Å². The average Bonchev–Trinajstić information content (AvgIpc) is 3.15. The van der Waals surface area contributed by atoms with Gasteiger partial charge in [0.1, 0.15) is 0 Å². The topological polar surface area (TPSA) is 73.8 Å². The first-order valence-corrected chi connectivity index (χ1v) is 10.6. The van der Waals surface area contributed by atoms with Crippen molar-refractivity contribution < 1.29 is 4.92 Å². The van der Waals surface area contributed by atoms with E-state index in [1.165, 1.54) is 17.8 Å². The second kappa shape index (κ2) is 9.11. The molecule has 0 amide bonds. The molecule has 1 aromatic heterocycles. The number of rotatable bonds is 7. The Balaban J connectivity index is 1.66. The molecule has 0 unspecified atom stereocenters. The summed E-state index contributed by atoms with van der Waals surface area (Å²) in [4.78, 5) is 10.6. The second-order valence-corrected chi connectivity index (χ2v) is 7.92. The molecule has 0 aliphatic heterocycles. The first kappa shape index (κ1) is 20.1. The van der Waals surface area contributed by atoms with E-state index in [1.807, 2.05) is 65.2 Å². The number of nitro groups is 1. The zero-order valence-corrected chi connectivity index (χ0v) is 17.4. The third-order valence-corrected chi connectivity index (χ3v) is 5.87. The standard InChI is InChI=1S/C22H17ClN4O2S/c23-20-12-5-4-11-19(20)21-24-25-22(26(21)14-16-7-2-1-3-8-16)30-15-17-9-6-10-18(13-17)27(28)29/h1-13H,14-15H2. The van der Waals surface area contributed by atoms with Crippen LogP contribution in [0.4, 0.5) is 5.69 Å². The number of halogens is 1. The monoisotopic (exact) mass is 436 g/mol. The normalized spacial score (nSPS) is 10.8. The molecule has 0 aliphatic carbocycles. The number of non-ortho nitro benzene ring substituents is 1. The lowest BCUT2D eigenvalue weighted by atomic mass is 10.2. The summed E-state index contributed by atoms with van der Waals surface area (Å²) < 4.78 is 2.03. The van der Waals surface area contributed by atoms with Crippen molar-refractivity contribution in [2.75, 3.05) is 0 Å². The fourth-order valence-corrected chi connectivity index (χ4v) is 4.15. The highest BCUT2D eigenvalue weighted by molar-refractivity contribution is 7.98. The number of benzene rings is 3. The van der Waals surface area contributed by atoms with E-state index in [-0.39, 0.29) is 10.6 Å². The minimum Gasteiger partial charge on any atom is -0.297 e. The molecular formula is C22H17ClN4O2S. The van der Waals surface area contributed by atoms with Crippen molar-refractivity contribution in [3.8, 4) is 11.4 Å². The van der Waals surface area contributed by atoms with Gasteiger partial charge >= 0.3 is 0 Å². The van der Waals surface area contributed by atoms with E-state index in [0.717, 1.165) is 21.8 Å². The van der Waals surface area contributed by atoms with Crippen LogP contribution in [0, 0.1) is 10.1 Å². The van der Waals surface area contributed by atoms with Crippen molar-refractivity contribution in [3.63, 3.8) is 0 Å². The van der Waals surface area contributed by atoms with E-state index in [1.54, 1.807) is 12.1 Å². The molecule has 0 bridgehead atoms. The van der Waals surface area contributed by atoms with Crippen LogP contribution in [0.3, 0.4) is 0 Å². The molecule has 4 rings (SSSR count). The first-order chi connectivity index (χ1) is 14.6. The maximum Gasteiger partial charge on any atom is 0.269 e. The number of aromatic nitrogens is 3. The van der Waals surface area contributed by atoms with Crippen molar-refractivity contribution in [1.29, 1.82) is 0 Å². The molecule has 1 heterocycles. The Bertz CT molecular complexity index is 1180. The fraction of sp³-hybridized carbons (Fsp3) is 0.0909. The zero-order valence-electron chi connectivity index (χ0n) is 15.8. The molecule has 0 radical (unpaired) electrons. The van der Waals surface area contributed by atoms with Crippen LogP contribution in [0.5, 0.6) is 0 Å². The molecule has 3 aromatic carbocycles. The minimum atomic E-state index is -0.387. The highest BCUT2D eigenvalue weighted by Crippen LogP contribution is 2.31. The SMILES string of the molecule is O=[N+]([O-])c1cccc(CSc2nnc(-c3ccccc3Cl)n2Cc2ccccc2)c1. The highest BCUT2D eigenvalue weighted by Gasteiger charge is 2.17.